The summed E-state index contributed by atoms with van der Waals surface area (Å²) in [5.74, 6) is -0.250. The molecule has 0 atom stereocenters. The topological polar surface area (TPSA) is 32.3 Å². The van der Waals surface area contributed by atoms with Gasteiger partial charge in [-0.05, 0) is 58.0 Å². The van der Waals surface area contributed by atoms with Crippen molar-refractivity contribution in [3.63, 3.8) is 0 Å². The number of nitrogens with one attached hydrogen (secondary N) is 1. The molecular weight excluding hydrogens is 243 g/mol. The second kappa shape index (κ2) is 6.15. The molecule has 1 aromatic rings. The van der Waals surface area contributed by atoms with Crippen molar-refractivity contribution in [2.75, 3.05) is 26.7 Å². The molecule has 1 amide bonds. The summed E-state index contributed by atoms with van der Waals surface area (Å²) in [6, 6.07) is 4.61. The summed E-state index contributed by atoms with van der Waals surface area (Å²) < 4.78 is 13.6. The zero-order chi connectivity index (χ0) is 13.8. The van der Waals surface area contributed by atoms with Gasteiger partial charge in [0.05, 0.1) is 5.56 Å². The van der Waals surface area contributed by atoms with Gasteiger partial charge in [0.2, 0.25) is 0 Å². The fourth-order valence-electron chi connectivity index (χ4n) is 2.41. The van der Waals surface area contributed by atoms with Gasteiger partial charge in [0.25, 0.3) is 5.91 Å². The summed E-state index contributed by atoms with van der Waals surface area (Å²) in [7, 11) is 2.11. The van der Waals surface area contributed by atoms with Crippen LogP contribution in [0.3, 0.4) is 0 Å². The van der Waals surface area contributed by atoms with Crippen LogP contribution in [-0.4, -0.2) is 37.5 Å². The number of hydrogen-bond donors (Lipinski definition) is 1. The fraction of sp³-hybridized carbons (Fsp3) is 0.533. The lowest BCUT2D eigenvalue weighted by Gasteiger charge is -2.28. The van der Waals surface area contributed by atoms with Crippen molar-refractivity contribution >= 4 is 5.91 Å². The standard InChI is InChI=1S/C15H21FN2O/c1-11-3-4-14(16)13(9-11)15(19)17-10-12-5-7-18(2)8-6-12/h3-4,9,12H,5-8,10H2,1-2H3,(H,17,19). The van der Waals surface area contributed by atoms with E-state index in [4.69, 9.17) is 0 Å². The van der Waals surface area contributed by atoms with Crippen LogP contribution in [0.1, 0.15) is 28.8 Å². The maximum Gasteiger partial charge on any atom is 0.254 e. The minimum atomic E-state index is -0.452. The molecule has 1 N–H and O–H groups in total. The van der Waals surface area contributed by atoms with Crippen molar-refractivity contribution in [3.8, 4) is 0 Å². The van der Waals surface area contributed by atoms with E-state index in [2.05, 4.69) is 17.3 Å². The number of carbonyl (C=O) groups is 1. The maximum absolute atomic E-state index is 13.6. The predicted molar refractivity (Wildman–Crippen MR) is 73.7 cm³/mol. The van der Waals surface area contributed by atoms with Crippen LogP contribution in [0.25, 0.3) is 0 Å². The molecule has 0 radical (unpaired) electrons. The van der Waals surface area contributed by atoms with Gasteiger partial charge in [-0.3, -0.25) is 4.79 Å². The molecule has 1 heterocycles. The summed E-state index contributed by atoms with van der Waals surface area (Å²) in [5, 5.41) is 2.85. The average molecular weight is 264 g/mol. The van der Waals surface area contributed by atoms with E-state index in [1.807, 2.05) is 6.92 Å². The van der Waals surface area contributed by atoms with Gasteiger partial charge >= 0.3 is 0 Å². The molecule has 0 bridgehead atoms. The number of nitrogens with zero attached hydrogens (tertiary/aromatic N) is 1. The zero-order valence-electron chi connectivity index (χ0n) is 11.6. The van der Waals surface area contributed by atoms with E-state index in [9.17, 15) is 9.18 Å². The molecule has 0 spiro atoms. The molecule has 0 aliphatic carbocycles. The third-order valence-electron chi connectivity index (χ3n) is 3.76. The minimum absolute atomic E-state index is 0.146. The Hall–Kier alpha value is -1.42. The van der Waals surface area contributed by atoms with Gasteiger partial charge in [0.15, 0.2) is 0 Å². The number of piperidine rings is 1. The molecule has 104 valence electrons. The van der Waals surface area contributed by atoms with Crippen molar-refractivity contribution in [1.82, 2.24) is 10.2 Å². The molecule has 1 fully saturated rings. The monoisotopic (exact) mass is 264 g/mol. The molecule has 4 heteroatoms. The number of rotatable bonds is 3. The second-order valence-electron chi connectivity index (χ2n) is 5.44. The highest BCUT2D eigenvalue weighted by molar-refractivity contribution is 5.94. The highest BCUT2D eigenvalue weighted by atomic mass is 19.1. The number of halogens is 1. The average Bonchev–Trinajstić information content (AvgIpc) is 2.40. The Morgan fingerprint density at radius 1 is 1.42 bits per heavy atom. The summed E-state index contributed by atoms with van der Waals surface area (Å²) in [6.07, 6.45) is 2.18. The lowest BCUT2D eigenvalue weighted by Crippen LogP contribution is -2.37. The van der Waals surface area contributed by atoms with Crippen LogP contribution in [0, 0.1) is 18.7 Å². The Balaban J connectivity index is 1.89. The molecule has 0 saturated carbocycles. The van der Waals surface area contributed by atoms with Crippen LogP contribution in [0.15, 0.2) is 18.2 Å². The van der Waals surface area contributed by atoms with Crippen molar-refractivity contribution in [2.24, 2.45) is 5.92 Å². The predicted octanol–water partition coefficient (Wildman–Crippen LogP) is 2.21. The molecule has 1 aliphatic rings. The fourth-order valence-corrected chi connectivity index (χ4v) is 2.41. The van der Waals surface area contributed by atoms with E-state index in [0.29, 0.717) is 12.5 Å². The summed E-state index contributed by atoms with van der Waals surface area (Å²) >= 11 is 0. The molecule has 1 aromatic carbocycles. The van der Waals surface area contributed by atoms with E-state index in [1.165, 1.54) is 6.07 Å². The molecule has 1 aliphatic heterocycles. The van der Waals surface area contributed by atoms with Crippen LogP contribution in [-0.2, 0) is 0 Å². The number of hydrogen-bond acceptors (Lipinski definition) is 2. The highest BCUT2D eigenvalue weighted by Crippen LogP contribution is 2.15. The number of aryl methyl sites for hydroxylation is 1. The van der Waals surface area contributed by atoms with E-state index in [-0.39, 0.29) is 11.5 Å². The number of carbonyl (C=O) groups excluding carboxylic acids is 1. The first-order valence-corrected chi connectivity index (χ1v) is 6.79. The second-order valence-corrected chi connectivity index (χ2v) is 5.44. The molecular formula is C15H21FN2O. The van der Waals surface area contributed by atoms with Gasteiger partial charge in [-0.2, -0.15) is 0 Å². The lowest BCUT2D eigenvalue weighted by atomic mass is 9.97. The van der Waals surface area contributed by atoms with Gasteiger partial charge in [-0.15, -0.1) is 0 Å². The van der Waals surface area contributed by atoms with E-state index < -0.39 is 5.82 Å². The molecule has 0 unspecified atom stereocenters. The van der Waals surface area contributed by atoms with Crippen LogP contribution >= 0.6 is 0 Å². The van der Waals surface area contributed by atoms with Crippen LogP contribution in [0.2, 0.25) is 0 Å². The Morgan fingerprint density at radius 3 is 2.79 bits per heavy atom. The lowest BCUT2D eigenvalue weighted by molar-refractivity contribution is 0.0935. The Labute approximate surface area is 113 Å². The maximum atomic E-state index is 13.6. The Kier molecular flexibility index (Phi) is 4.53. The summed E-state index contributed by atoms with van der Waals surface area (Å²) in [6.45, 7) is 4.63. The van der Waals surface area contributed by atoms with Gasteiger partial charge < -0.3 is 10.2 Å². The minimum Gasteiger partial charge on any atom is -0.352 e. The molecule has 19 heavy (non-hydrogen) atoms. The number of amides is 1. The van der Waals surface area contributed by atoms with Gasteiger partial charge in [-0.25, -0.2) is 4.39 Å². The highest BCUT2D eigenvalue weighted by Gasteiger charge is 2.18. The largest absolute Gasteiger partial charge is 0.352 e. The molecule has 0 aromatic heterocycles. The van der Waals surface area contributed by atoms with E-state index in [1.54, 1.807) is 12.1 Å². The molecule has 2 rings (SSSR count). The number of likely N-dealkylation sites (tertiary alicyclic amines) is 1. The normalized spacial score (nSPS) is 17.4. The SMILES string of the molecule is Cc1ccc(F)c(C(=O)NCC2CCN(C)CC2)c1. The first-order valence-electron chi connectivity index (χ1n) is 6.79. The van der Waals surface area contributed by atoms with Crippen molar-refractivity contribution in [3.05, 3.63) is 35.1 Å². The quantitative estimate of drug-likeness (QED) is 0.907. The third kappa shape index (κ3) is 3.77. The molecule has 3 nitrogen and oxygen atoms in total. The van der Waals surface area contributed by atoms with Crippen LogP contribution in [0.4, 0.5) is 4.39 Å². The van der Waals surface area contributed by atoms with Crippen molar-refractivity contribution in [2.45, 2.75) is 19.8 Å². The van der Waals surface area contributed by atoms with Gasteiger partial charge in [0, 0.05) is 6.54 Å². The third-order valence-corrected chi connectivity index (χ3v) is 3.76. The van der Waals surface area contributed by atoms with E-state index >= 15 is 0 Å². The first-order chi connectivity index (χ1) is 9.06. The van der Waals surface area contributed by atoms with Crippen LogP contribution in [0.5, 0.6) is 0 Å². The summed E-state index contributed by atoms with van der Waals surface area (Å²) in [4.78, 5) is 14.3. The first kappa shape index (κ1) is 14.0. The van der Waals surface area contributed by atoms with Crippen LogP contribution < -0.4 is 5.32 Å². The molecule has 1 saturated heterocycles. The Morgan fingerprint density at radius 2 is 2.11 bits per heavy atom. The van der Waals surface area contributed by atoms with E-state index in [0.717, 1.165) is 31.5 Å². The van der Waals surface area contributed by atoms with Gasteiger partial charge in [0.1, 0.15) is 5.82 Å². The smallest absolute Gasteiger partial charge is 0.254 e. The van der Waals surface area contributed by atoms with Crippen molar-refractivity contribution in [1.29, 1.82) is 0 Å². The number of benzene rings is 1. The Bertz CT molecular complexity index is 453. The van der Waals surface area contributed by atoms with Gasteiger partial charge in [-0.1, -0.05) is 11.6 Å². The zero-order valence-corrected chi connectivity index (χ0v) is 11.6. The van der Waals surface area contributed by atoms with Crippen molar-refractivity contribution < 1.29 is 9.18 Å². The summed E-state index contributed by atoms with van der Waals surface area (Å²) in [5.41, 5.74) is 1.04.